The minimum absolute atomic E-state index is 0.0546. The number of carbonyl (C=O) groups is 2. The number of hydrogen-bond donors (Lipinski definition) is 2. The first kappa shape index (κ1) is 24.7. The van der Waals surface area contributed by atoms with Crippen molar-refractivity contribution in [2.24, 2.45) is 5.92 Å². The van der Waals surface area contributed by atoms with Crippen LogP contribution >= 0.6 is 11.6 Å². The van der Waals surface area contributed by atoms with E-state index in [9.17, 15) is 14.4 Å². The highest BCUT2D eigenvalue weighted by atomic mass is 35.5. The number of aryl methyl sites for hydroxylation is 1. The summed E-state index contributed by atoms with van der Waals surface area (Å²) in [5.41, 5.74) is 2.93. The van der Waals surface area contributed by atoms with Crippen LogP contribution in [0.2, 0.25) is 5.02 Å². The van der Waals surface area contributed by atoms with Gasteiger partial charge in [0, 0.05) is 18.8 Å². The molecule has 10 heteroatoms. The molecule has 2 N–H and O–H groups in total. The highest BCUT2D eigenvalue weighted by molar-refractivity contribution is 6.30. The summed E-state index contributed by atoms with van der Waals surface area (Å²) in [5, 5.41) is 12.7. The Labute approximate surface area is 217 Å². The summed E-state index contributed by atoms with van der Waals surface area (Å²) >= 11 is 6.02. The Morgan fingerprint density at radius 3 is 2.46 bits per heavy atom. The number of halogens is 1. The van der Waals surface area contributed by atoms with Crippen molar-refractivity contribution in [1.82, 2.24) is 24.4 Å². The van der Waals surface area contributed by atoms with Gasteiger partial charge in [-0.25, -0.2) is 14.6 Å². The first-order chi connectivity index (χ1) is 17.8. The van der Waals surface area contributed by atoms with Crippen molar-refractivity contribution in [3.8, 4) is 5.69 Å². The average molecular weight is 520 g/mol. The van der Waals surface area contributed by atoms with Gasteiger partial charge in [0.05, 0.1) is 39.2 Å². The summed E-state index contributed by atoms with van der Waals surface area (Å²) in [6.45, 7) is 2.35. The standard InChI is InChI=1S/C27H26ClN5O4/c1-16-21(12-18(28)13-29-16)25(34)31-19-8-6-17(7-9-19)15-32-23-4-2-3-5-24(23)33(27(32)37)20-10-11-22(26(35)36)30-14-20/h2-5,10-14,17,19H,6-9,15H2,1H3,(H,31,34)(H,35,36). The van der Waals surface area contributed by atoms with Gasteiger partial charge in [-0.05, 0) is 68.9 Å². The number of amides is 1. The van der Waals surface area contributed by atoms with Gasteiger partial charge in [-0.1, -0.05) is 23.7 Å². The first-order valence-electron chi connectivity index (χ1n) is 12.1. The molecule has 1 aliphatic carbocycles. The molecule has 1 aliphatic rings. The first-order valence-corrected chi connectivity index (χ1v) is 12.5. The van der Waals surface area contributed by atoms with Crippen LogP contribution in [0.1, 0.15) is 52.2 Å². The molecule has 4 aromatic rings. The van der Waals surface area contributed by atoms with Crippen LogP contribution < -0.4 is 11.0 Å². The van der Waals surface area contributed by atoms with Gasteiger partial charge in [0.1, 0.15) is 5.69 Å². The molecule has 1 amide bonds. The number of aromatic nitrogens is 4. The van der Waals surface area contributed by atoms with Gasteiger partial charge in [-0.3, -0.25) is 18.9 Å². The summed E-state index contributed by atoms with van der Waals surface area (Å²) in [6.07, 6.45) is 6.32. The Kier molecular flexibility index (Phi) is 6.80. The fourth-order valence-corrected chi connectivity index (χ4v) is 5.19. The van der Waals surface area contributed by atoms with Gasteiger partial charge in [0.15, 0.2) is 0 Å². The Bertz CT molecular complexity index is 1530. The molecule has 0 bridgehead atoms. The number of pyridine rings is 2. The predicted octanol–water partition coefficient (Wildman–Crippen LogP) is 4.23. The monoisotopic (exact) mass is 519 g/mol. The van der Waals surface area contributed by atoms with Gasteiger partial charge in [-0.15, -0.1) is 0 Å². The fourth-order valence-electron chi connectivity index (χ4n) is 5.03. The van der Waals surface area contributed by atoms with Crippen molar-refractivity contribution >= 4 is 34.5 Å². The van der Waals surface area contributed by atoms with Crippen molar-refractivity contribution in [3.63, 3.8) is 0 Å². The maximum absolute atomic E-state index is 13.5. The number of carbonyl (C=O) groups excluding carboxylic acids is 1. The molecule has 0 saturated heterocycles. The highest BCUT2D eigenvalue weighted by Crippen LogP contribution is 2.28. The number of para-hydroxylation sites is 2. The number of hydrogen-bond acceptors (Lipinski definition) is 5. The van der Waals surface area contributed by atoms with E-state index in [0.29, 0.717) is 28.5 Å². The van der Waals surface area contributed by atoms with Crippen LogP contribution in [0.25, 0.3) is 16.7 Å². The summed E-state index contributed by atoms with van der Waals surface area (Å²) in [5.74, 6) is -1.00. The second kappa shape index (κ2) is 10.2. The molecule has 0 radical (unpaired) electrons. The van der Waals surface area contributed by atoms with Crippen LogP contribution in [-0.4, -0.2) is 42.1 Å². The van der Waals surface area contributed by atoms with Crippen LogP contribution in [0, 0.1) is 12.8 Å². The van der Waals surface area contributed by atoms with Crippen molar-refractivity contribution in [3.05, 3.63) is 87.3 Å². The van der Waals surface area contributed by atoms with Crippen molar-refractivity contribution < 1.29 is 14.7 Å². The number of aromatic carboxylic acids is 1. The van der Waals surface area contributed by atoms with Crippen molar-refractivity contribution in [2.45, 2.75) is 45.2 Å². The molecular weight excluding hydrogens is 494 g/mol. The third kappa shape index (κ3) is 4.99. The zero-order chi connectivity index (χ0) is 26.1. The number of nitrogens with zero attached hydrogens (tertiary/aromatic N) is 4. The molecule has 1 saturated carbocycles. The molecule has 3 aromatic heterocycles. The van der Waals surface area contributed by atoms with Crippen LogP contribution in [0.15, 0.2) is 59.7 Å². The number of carboxylic acid groups (broad SMARTS) is 1. The summed E-state index contributed by atoms with van der Waals surface area (Å²) < 4.78 is 3.35. The third-order valence-corrected chi connectivity index (χ3v) is 7.19. The Morgan fingerprint density at radius 2 is 1.78 bits per heavy atom. The Morgan fingerprint density at radius 1 is 1.05 bits per heavy atom. The molecule has 5 rings (SSSR count). The number of imidazole rings is 1. The predicted molar refractivity (Wildman–Crippen MR) is 139 cm³/mol. The fraction of sp³-hybridized carbons (Fsp3) is 0.296. The second-order valence-corrected chi connectivity index (χ2v) is 9.84. The minimum atomic E-state index is -1.12. The molecule has 0 unspecified atom stereocenters. The van der Waals surface area contributed by atoms with E-state index in [1.165, 1.54) is 18.5 Å². The van der Waals surface area contributed by atoms with E-state index in [4.69, 9.17) is 16.7 Å². The molecule has 37 heavy (non-hydrogen) atoms. The van der Waals surface area contributed by atoms with Crippen LogP contribution in [0.3, 0.4) is 0 Å². The number of carboxylic acids is 1. The summed E-state index contributed by atoms with van der Waals surface area (Å²) in [6, 6.07) is 12.2. The molecule has 0 spiro atoms. The number of benzene rings is 1. The smallest absolute Gasteiger partial charge is 0.354 e. The summed E-state index contributed by atoms with van der Waals surface area (Å²) in [4.78, 5) is 45.6. The van der Waals surface area contributed by atoms with Crippen LogP contribution in [0.5, 0.6) is 0 Å². The zero-order valence-electron chi connectivity index (χ0n) is 20.2. The highest BCUT2D eigenvalue weighted by Gasteiger charge is 2.26. The molecule has 3 heterocycles. The maximum atomic E-state index is 13.5. The van der Waals surface area contributed by atoms with Crippen molar-refractivity contribution in [1.29, 1.82) is 0 Å². The molecule has 0 atom stereocenters. The van der Waals surface area contributed by atoms with Gasteiger partial charge in [0.2, 0.25) is 0 Å². The van der Waals surface area contributed by atoms with Gasteiger partial charge in [-0.2, -0.15) is 0 Å². The second-order valence-electron chi connectivity index (χ2n) is 9.40. The van der Waals surface area contributed by atoms with E-state index < -0.39 is 5.97 Å². The Balaban J connectivity index is 1.31. The van der Waals surface area contributed by atoms with Gasteiger partial charge >= 0.3 is 11.7 Å². The zero-order valence-corrected chi connectivity index (χ0v) is 21.0. The van der Waals surface area contributed by atoms with E-state index in [1.807, 2.05) is 24.3 Å². The third-order valence-electron chi connectivity index (χ3n) is 6.98. The number of nitrogens with one attached hydrogen (secondary N) is 1. The normalized spacial score (nSPS) is 17.6. The molecule has 0 aliphatic heterocycles. The lowest BCUT2D eigenvalue weighted by Crippen LogP contribution is -2.39. The van der Waals surface area contributed by atoms with E-state index in [2.05, 4.69) is 15.3 Å². The average Bonchev–Trinajstić information content (AvgIpc) is 3.17. The van der Waals surface area contributed by atoms with Crippen LogP contribution in [0.4, 0.5) is 0 Å². The van der Waals surface area contributed by atoms with E-state index >= 15 is 0 Å². The largest absolute Gasteiger partial charge is 0.477 e. The SMILES string of the molecule is Cc1ncc(Cl)cc1C(=O)NC1CCC(Cn2c(=O)n(-c3ccc(C(=O)O)nc3)c3ccccc32)CC1. The van der Waals surface area contributed by atoms with Gasteiger partial charge < -0.3 is 10.4 Å². The minimum Gasteiger partial charge on any atom is -0.477 e. The van der Waals surface area contributed by atoms with E-state index in [1.54, 1.807) is 28.2 Å². The quantitative estimate of drug-likeness (QED) is 0.393. The molecular formula is C27H26ClN5O4. The van der Waals surface area contributed by atoms with Crippen LogP contribution in [-0.2, 0) is 6.54 Å². The maximum Gasteiger partial charge on any atom is 0.354 e. The topological polar surface area (TPSA) is 119 Å². The lowest BCUT2D eigenvalue weighted by molar-refractivity contribution is 0.0690. The molecule has 1 aromatic carbocycles. The molecule has 9 nitrogen and oxygen atoms in total. The van der Waals surface area contributed by atoms with E-state index in [-0.39, 0.29) is 29.3 Å². The summed E-state index contributed by atoms with van der Waals surface area (Å²) in [7, 11) is 0. The Hall–Kier alpha value is -3.98. The molecule has 190 valence electrons. The lowest BCUT2D eigenvalue weighted by Gasteiger charge is -2.29. The van der Waals surface area contributed by atoms with E-state index in [0.717, 1.165) is 36.7 Å². The number of fused-ring (bicyclic) bond motifs is 1. The lowest BCUT2D eigenvalue weighted by atomic mass is 9.85. The van der Waals surface area contributed by atoms with Gasteiger partial charge in [0.25, 0.3) is 5.91 Å². The number of rotatable bonds is 6. The molecule has 1 fully saturated rings. The van der Waals surface area contributed by atoms with Crippen molar-refractivity contribution in [2.75, 3.05) is 0 Å².